The predicted octanol–water partition coefficient (Wildman–Crippen LogP) is 0.678. The summed E-state index contributed by atoms with van der Waals surface area (Å²) in [4.78, 5) is 21.7. The molecular formula is C12H18N4O. The maximum absolute atomic E-state index is 12.1. The van der Waals surface area contributed by atoms with Gasteiger partial charge in [-0.2, -0.15) is 0 Å². The van der Waals surface area contributed by atoms with E-state index in [1.165, 1.54) is 6.33 Å². The standard InChI is InChI=1S/C12H18N4O/c13-4-1-10-2-5-16(6-3-10)12(17)11-7-14-9-15-8-11/h7-10H,1-6,13H2. The van der Waals surface area contributed by atoms with Gasteiger partial charge in [0.05, 0.1) is 5.56 Å². The molecule has 2 heterocycles. The van der Waals surface area contributed by atoms with Crippen LogP contribution in [0.3, 0.4) is 0 Å². The van der Waals surface area contributed by atoms with Crippen LogP contribution in [0, 0.1) is 5.92 Å². The van der Waals surface area contributed by atoms with Crippen LogP contribution in [0.5, 0.6) is 0 Å². The molecule has 1 aliphatic rings. The van der Waals surface area contributed by atoms with Crippen molar-refractivity contribution < 1.29 is 4.79 Å². The van der Waals surface area contributed by atoms with Gasteiger partial charge in [-0.1, -0.05) is 0 Å². The minimum absolute atomic E-state index is 0.0387. The van der Waals surface area contributed by atoms with Crippen LogP contribution < -0.4 is 5.73 Å². The van der Waals surface area contributed by atoms with E-state index < -0.39 is 0 Å². The second kappa shape index (κ2) is 5.72. The second-order valence-electron chi connectivity index (χ2n) is 4.44. The van der Waals surface area contributed by atoms with E-state index in [4.69, 9.17) is 5.73 Å². The maximum Gasteiger partial charge on any atom is 0.256 e. The minimum atomic E-state index is 0.0387. The summed E-state index contributed by atoms with van der Waals surface area (Å²) in [6.07, 6.45) is 7.75. The van der Waals surface area contributed by atoms with Gasteiger partial charge in [0.1, 0.15) is 6.33 Å². The van der Waals surface area contributed by atoms with Gasteiger partial charge in [-0.3, -0.25) is 4.79 Å². The lowest BCUT2D eigenvalue weighted by Gasteiger charge is -2.31. The van der Waals surface area contributed by atoms with Crippen molar-refractivity contribution >= 4 is 5.91 Å². The Bertz CT molecular complexity index is 360. The van der Waals surface area contributed by atoms with Gasteiger partial charge in [0.15, 0.2) is 0 Å². The van der Waals surface area contributed by atoms with E-state index in [0.29, 0.717) is 11.5 Å². The first-order valence-electron chi connectivity index (χ1n) is 6.05. The van der Waals surface area contributed by atoms with E-state index in [1.54, 1.807) is 12.4 Å². The zero-order valence-corrected chi connectivity index (χ0v) is 9.88. The van der Waals surface area contributed by atoms with E-state index in [-0.39, 0.29) is 5.91 Å². The van der Waals surface area contributed by atoms with Gasteiger partial charge in [0, 0.05) is 25.5 Å². The third kappa shape index (κ3) is 3.00. The number of rotatable bonds is 3. The molecule has 0 spiro atoms. The normalized spacial score (nSPS) is 17.1. The van der Waals surface area contributed by atoms with E-state index in [2.05, 4.69) is 9.97 Å². The SMILES string of the molecule is NCCC1CCN(C(=O)c2cncnc2)CC1. The molecule has 17 heavy (non-hydrogen) atoms. The van der Waals surface area contributed by atoms with Crippen molar-refractivity contribution in [3.05, 3.63) is 24.3 Å². The highest BCUT2D eigenvalue weighted by Gasteiger charge is 2.23. The van der Waals surface area contributed by atoms with Crippen LogP contribution in [0.2, 0.25) is 0 Å². The number of likely N-dealkylation sites (tertiary alicyclic amines) is 1. The summed E-state index contributed by atoms with van der Waals surface area (Å²) in [6.45, 7) is 2.38. The van der Waals surface area contributed by atoms with Crippen molar-refractivity contribution in [3.63, 3.8) is 0 Å². The average molecular weight is 234 g/mol. The van der Waals surface area contributed by atoms with Gasteiger partial charge in [-0.05, 0) is 31.7 Å². The van der Waals surface area contributed by atoms with Crippen LogP contribution in [0.15, 0.2) is 18.7 Å². The van der Waals surface area contributed by atoms with E-state index in [1.807, 2.05) is 4.90 Å². The molecule has 0 saturated carbocycles. The summed E-state index contributed by atoms with van der Waals surface area (Å²) in [6, 6.07) is 0. The zero-order valence-electron chi connectivity index (χ0n) is 9.88. The fraction of sp³-hybridized carbons (Fsp3) is 0.583. The van der Waals surface area contributed by atoms with Crippen LogP contribution in [-0.4, -0.2) is 40.4 Å². The lowest BCUT2D eigenvalue weighted by molar-refractivity contribution is 0.0687. The van der Waals surface area contributed by atoms with Crippen LogP contribution >= 0.6 is 0 Å². The van der Waals surface area contributed by atoms with E-state index in [9.17, 15) is 4.79 Å². The number of nitrogens with zero attached hydrogens (tertiary/aromatic N) is 3. The lowest BCUT2D eigenvalue weighted by Crippen LogP contribution is -2.38. The lowest BCUT2D eigenvalue weighted by atomic mass is 9.93. The first-order valence-corrected chi connectivity index (χ1v) is 6.05. The zero-order chi connectivity index (χ0) is 12.1. The molecule has 0 aliphatic carbocycles. The molecule has 1 aromatic rings. The van der Waals surface area contributed by atoms with E-state index >= 15 is 0 Å². The van der Waals surface area contributed by atoms with Crippen molar-refractivity contribution in [1.29, 1.82) is 0 Å². The monoisotopic (exact) mass is 234 g/mol. The van der Waals surface area contributed by atoms with Gasteiger partial charge in [-0.15, -0.1) is 0 Å². The summed E-state index contributed by atoms with van der Waals surface area (Å²) < 4.78 is 0. The van der Waals surface area contributed by atoms with Gasteiger partial charge < -0.3 is 10.6 Å². The molecule has 0 atom stereocenters. The summed E-state index contributed by atoms with van der Waals surface area (Å²) in [5, 5.41) is 0. The molecule has 2 rings (SSSR count). The van der Waals surface area contributed by atoms with Crippen LogP contribution in [-0.2, 0) is 0 Å². The third-order valence-corrected chi connectivity index (χ3v) is 3.28. The minimum Gasteiger partial charge on any atom is -0.339 e. The molecular weight excluding hydrogens is 216 g/mol. The van der Waals surface area contributed by atoms with Crippen molar-refractivity contribution in [2.75, 3.05) is 19.6 Å². The molecule has 1 aliphatic heterocycles. The Hall–Kier alpha value is -1.49. The Morgan fingerprint density at radius 3 is 2.59 bits per heavy atom. The fourth-order valence-corrected chi connectivity index (χ4v) is 2.25. The number of aromatic nitrogens is 2. The molecule has 0 unspecified atom stereocenters. The van der Waals surface area contributed by atoms with Crippen molar-refractivity contribution in [2.24, 2.45) is 11.7 Å². The van der Waals surface area contributed by atoms with Crippen LogP contribution in [0.25, 0.3) is 0 Å². The summed E-state index contributed by atoms with van der Waals surface area (Å²) in [5.74, 6) is 0.716. The number of amides is 1. The summed E-state index contributed by atoms with van der Waals surface area (Å²) in [5.41, 5.74) is 6.12. The van der Waals surface area contributed by atoms with Crippen LogP contribution in [0.1, 0.15) is 29.6 Å². The molecule has 1 aromatic heterocycles. The van der Waals surface area contributed by atoms with Gasteiger partial charge in [0.25, 0.3) is 5.91 Å². The second-order valence-corrected chi connectivity index (χ2v) is 4.44. The number of hydrogen-bond donors (Lipinski definition) is 1. The van der Waals surface area contributed by atoms with Crippen LogP contribution in [0.4, 0.5) is 0 Å². The largest absolute Gasteiger partial charge is 0.339 e. The summed E-state index contributed by atoms with van der Waals surface area (Å²) in [7, 11) is 0. The maximum atomic E-state index is 12.1. The van der Waals surface area contributed by atoms with Gasteiger partial charge in [0.2, 0.25) is 0 Å². The Morgan fingerprint density at radius 1 is 1.35 bits per heavy atom. The highest BCUT2D eigenvalue weighted by Crippen LogP contribution is 2.20. The van der Waals surface area contributed by atoms with Crippen molar-refractivity contribution in [3.8, 4) is 0 Å². The number of nitrogens with two attached hydrogens (primary N) is 1. The van der Waals surface area contributed by atoms with E-state index in [0.717, 1.165) is 38.9 Å². The predicted molar refractivity (Wildman–Crippen MR) is 64.3 cm³/mol. The van der Waals surface area contributed by atoms with Crippen molar-refractivity contribution in [2.45, 2.75) is 19.3 Å². The molecule has 92 valence electrons. The topological polar surface area (TPSA) is 72.1 Å². The molecule has 1 fully saturated rings. The Kier molecular flexibility index (Phi) is 4.03. The Balaban J connectivity index is 1.91. The smallest absolute Gasteiger partial charge is 0.256 e. The Labute approximate surface area is 101 Å². The number of carbonyl (C=O) groups is 1. The first kappa shape index (κ1) is 12.0. The molecule has 2 N–H and O–H groups in total. The molecule has 0 aromatic carbocycles. The van der Waals surface area contributed by atoms with Gasteiger partial charge >= 0.3 is 0 Å². The highest BCUT2D eigenvalue weighted by molar-refractivity contribution is 5.93. The Morgan fingerprint density at radius 2 is 2.00 bits per heavy atom. The highest BCUT2D eigenvalue weighted by atomic mass is 16.2. The average Bonchev–Trinajstić information content (AvgIpc) is 2.40. The molecule has 0 bridgehead atoms. The van der Waals surface area contributed by atoms with Crippen molar-refractivity contribution in [1.82, 2.24) is 14.9 Å². The molecule has 1 amide bonds. The number of piperidine rings is 1. The quantitative estimate of drug-likeness (QED) is 0.834. The molecule has 5 heteroatoms. The van der Waals surface area contributed by atoms with Gasteiger partial charge in [-0.25, -0.2) is 9.97 Å². The molecule has 5 nitrogen and oxygen atoms in total. The number of carbonyl (C=O) groups excluding carboxylic acids is 1. The first-order chi connectivity index (χ1) is 8.31. The molecule has 1 saturated heterocycles. The summed E-state index contributed by atoms with van der Waals surface area (Å²) >= 11 is 0. The fourth-order valence-electron chi connectivity index (χ4n) is 2.25. The third-order valence-electron chi connectivity index (χ3n) is 3.28. The molecule has 0 radical (unpaired) electrons. The number of hydrogen-bond acceptors (Lipinski definition) is 4.